The lowest BCUT2D eigenvalue weighted by molar-refractivity contribution is -0.145. The van der Waals surface area contributed by atoms with Gasteiger partial charge in [0.1, 0.15) is 18.3 Å². The number of ether oxygens (including phenoxy) is 9. The molecule has 18 nitrogen and oxygen atoms in total. The Labute approximate surface area is 696 Å². The Hall–Kier alpha value is -5.55. The van der Waals surface area contributed by atoms with Crippen molar-refractivity contribution in [2.24, 2.45) is 0 Å². The van der Waals surface area contributed by atoms with Crippen molar-refractivity contribution in [3.05, 3.63) is 36.5 Å². The van der Waals surface area contributed by atoms with Crippen LogP contribution in [0.3, 0.4) is 0 Å². The third-order valence-corrected chi connectivity index (χ3v) is 20.8. The topological polar surface area (TPSA) is 198 Å². The monoisotopic (exact) mass is 1600 g/mol. The van der Waals surface area contributed by atoms with Crippen molar-refractivity contribution in [2.45, 2.75) is 413 Å². The number of nitrogens with zero attached hydrogens (tertiary/aromatic N) is 3. The number of allylic oxidation sites excluding steroid dienone is 3. The third-order valence-electron chi connectivity index (χ3n) is 20.8. The van der Waals surface area contributed by atoms with Gasteiger partial charge in [0, 0.05) is 110 Å². The summed E-state index contributed by atoms with van der Waals surface area (Å²) in [5, 5.41) is 11.0. The van der Waals surface area contributed by atoms with Gasteiger partial charge in [-0.05, 0) is 116 Å². The fraction of sp³-hybridized carbons (Fsp3) is 0.823. The number of aliphatic hydroxyl groups is 1. The van der Waals surface area contributed by atoms with E-state index < -0.39 is 24.8 Å². The van der Waals surface area contributed by atoms with Gasteiger partial charge in [0.05, 0.1) is 26.1 Å². The van der Waals surface area contributed by atoms with Crippen molar-refractivity contribution in [3.63, 3.8) is 0 Å². The van der Waals surface area contributed by atoms with Gasteiger partial charge in [-0.2, -0.15) is 0 Å². The molecule has 1 N–H and O–H groups in total. The first-order chi connectivity index (χ1) is 56.0. The Kier molecular flexibility index (Phi) is 78.4. The van der Waals surface area contributed by atoms with E-state index in [0.717, 1.165) is 328 Å². The van der Waals surface area contributed by atoms with Gasteiger partial charge >= 0.3 is 30.4 Å². The molecule has 4 unspecified atom stereocenters. The minimum Gasteiger partial charge on any atom is -0.466 e. The summed E-state index contributed by atoms with van der Waals surface area (Å²) in [7, 11) is 0. The molecule has 0 saturated carbocycles. The van der Waals surface area contributed by atoms with E-state index in [2.05, 4.69) is 128 Å². The second kappa shape index (κ2) is 83.9. The van der Waals surface area contributed by atoms with Crippen molar-refractivity contribution >= 4 is 30.4 Å². The second-order valence-electron chi connectivity index (χ2n) is 31.2. The predicted octanol–water partition coefficient (Wildman–Crippen LogP) is 23.8. The van der Waals surface area contributed by atoms with Crippen molar-refractivity contribution in [3.8, 4) is 35.5 Å². The molecule has 4 atom stereocenters. The Morgan fingerprint density at radius 1 is 0.307 bits per heavy atom. The molecule has 0 aromatic heterocycles. The van der Waals surface area contributed by atoms with Gasteiger partial charge in [-0.15, -0.1) is 0 Å². The summed E-state index contributed by atoms with van der Waals surface area (Å²) in [6, 6.07) is 0. The molecule has 1 saturated heterocycles. The Morgan fingerprint density at radius 3 is 0.912 bits per heavy atom. The second-order valence-corrected chi connectivity index (χ2v) is 31.2. The number of hydrogen-bond acceptors (Lipinski definition) is 18. The van der Waals surface area contributed by atoms with E-state index in [0.29, 0.717) is 78.0 Å². The van der Waals surface area contributed by atoms with Crippen LogP contribution in [0.1, 0.15) is 388 Å². The molecular weight excluding hydrogens is 1440 g/mol. The lowest BCUT2D eigenvalue weighted by Crippen LogP contribution is -2.38. The maximum atomic E-state index is 13.2. The molecule has 0 aromatic rings. The van der Waals surface area contributed by atoms with Gasteiger partial charge in [-0.1, -0.05) is 287 Å². The summed E-state index contributed by atoms with van der Waals surface area (Å²) >= 11 is 0. The van der Waals surface area contributed by atoms with Gasteiger partial charge in [-0.25, -0.2) is 14.4 Å². The molecule has 1 aliphatic heterocycles. The molecule has 18 heteroatoms. The van der Waals surface area contributed by atoms with Crippen LogP contribution < -0.4 is 0 Å². The number of esters is 2. The zero-order valence-electron chi connectivity index (χ0n) is 73.6. The number of hydrogen-bond donors (Lipinski definition) is 1. The quantitative estimate of drug-likeness (QED) is 0.0150. The van der Waals surface area contributed by atoms with Crippen LogP contribution in [-0.4, -0.2) is 173 Å². The minimum atomic E-state index is -0.854. The Bertz CT molecular complexity index is 2430. The maximum Gasteiger partial charge on any atom is 0.509 e. The smallest absolute Gasteiger partial charge is 0.466 e. The zero-order valence-corrected chi connectivity index (χ0v) is 73.6. The van der Waals surface area contributed by atoms with Crippen LogP contribution in [0.25, 0.3) is 0 Å². The predicted molar refractivity (Wildman–Crippen MR) is 466 cm³/mol. The van der Waals surface area contributed by atoms with Gasteiger partial charge in [0.2, 0.25) is 0 Å². The zero-order chi connectivity index (χ0) is 82.6. The van der Waals surface area contributed by atoms with Crippen LogP contribution in [0.4, 0.5) is 14.4 Å². The molecule has 1 fully saturated rings. The summed E-state index contributed by atoms with van der Waals surface area (Å²) in [5.41, 5.74) is 0. The first kappa shape index (κ1) is 106. The van der Waals surface area contributed by atoms with Crippen LogP contribution in [0, 0.1) is 35.5 Å². The van der Waals surface area contributed by atoms with Gasteiger partial charge in [-0.3, -0.25) is 9.59 Å². The number of unbranched alkanes of at least 4 members (excludes halogenated alkanes) is 36. The van der Waals surface area contributed by atoms with Crippen LogP contribution in [-0.2, 0) is 52.2 Å². The maximum absolute atomic E-state index is 13.2. The summed E-state index contributed by atoms with van der Waals surface area (Å²) in [6.45, 7) is 21.2. The molecule has 0 aliphatic carbocycles. The van der Waals surface area contributed by atoms with Gasteiger partial charge in [0.25, 0.3) is 0 Å². The number of carbonyl (C=O) groups excluding carboxylic acids is 5. The first-order valence-electron chi connectivity index (χ1n) is 46.6. The highest BCUT2D eigenvalue weighted by Crippen LogP contribution is 2.20. The third kappa shape index (κ3) is 74.0. The number of aliphatic hydroxyl groups excluding tert-OH is 1. The van der Waals surface area contributed by atoms with Gasteiger partial charge < -0.3 is 62.4 Å². The molecule has 114 heavy (non-hydrogen) atoms. The summed E-state index contributed by atoms with van der Waals surface area (Å²) < 4.78 is 50.4. The lowest BCUT2D eigenvalue weighted by atomic mass is 10.1. The molecule has 1 heterocycles. The van der Waals surface area contributed by atoms with Crippen LogP contribution >= 0.6 is 0 Å². The summed E-state index contributed by atoms with van der Waals surface area (Å²) in [6.07, 6.45) is 63.7. The number of rotatable bonds is 73. The fourth-order valence-corrected chi connectivity index (χ4v) is 13.5. The first-order valence-corrected chi connectivity index (χ1v) is 46.6. The molecule has 0 spiro atoms. The average molecular weight is 1600 g/mol. The van der Waals surface area contributed by atoms with E-state index in [4.69, 9.17) is 42.6 Å². The summed E-state index contributed by atoms with van der Waals surface area (Å²) in [5.74, 6) is 17.7. The summed E-state index contributed by atoms with van der Waals surface area (Å²) in [4.78, 5) is 70.7. The highest BCUT2D eigenvalue weighted by atomic mass is 16.7. The Balaban J connectivity index is 2.66. The van der Waals surface area contributed by atoms with Crippen LogP contribution in [0.15, 0.2) is 36.5 Å². The molecule has 656 valence electrons. The van der Waals surface area contributed by atoms with Crippen molar-refractivity contribution < 1.29 is 71.7 Å². The molecule has 0 bridgehead atoms. The van der Waals surface area contributed by atoms with E-state index in [9.17, 15) is 29.1 Å². The molecule has 1 aliphatic rings. The molecule has 0 radical (unpaired) electrons. The van der Waals surface area contributed by atoms with E-state index >= 15 is 0 Å². The van der Waals surface area contributed by atoms with Crippen molar-refractivity contribution in [1.29, 1.82) is 0 Å². The Morgan fingerprint density at radius 2 is 0.588 bits per heavy atom. The van der Waals surface area contributed by atoms with Crippen molar-refractivity contribution in [2.75, 3.05) is 98.5 Å². The largest absolute Gasteiger partial charge is 0.509 e. The van der Waals surface area contributed by atoms with E-state index in [1.54, 1.807) is 0 Å². The average Bonchev–Trinajstić information content (AvgIpc) is 1.77. The highest BCUT2D eigenvalue weighted by Gasteiger charge is 2.22. The standard InChI is InChI=1S/C96H167N3O15/c1-7-13-19-25-46-61-85-109-94(103)112-88(64-52-22-16-10-4)67-55-43-37-31-28-34-40-49-58-82-106-91(100)70-73-97-76-78-98(74-71-92(101)107-83-59-50-41-35-29-32-38-44-56-68-89(65-53-23-17-11-5)113-95(104)110-86-62-47-26-20-14-8-2)80-81-99(79-77-97)75-72-93(102)108-84-60-51-42-36-30-33-39-45-57-69-90(66-54-24-18-12-6)114-96(105)111-87-63-48-27-21-15-9-3/h43-45,55-57,88-91,100H,7-42,49-54,58-60,64-87H2,1-6H3/b55-43-,56-44-,57-45-. The number of carbonyl (C=O) groups is 5. The van der Waals surface area contributed by atoms with E-state index in [1.807, 2.05) is 0 Å². The van der Waals surface area contributed by atoms with E-state index in [-0.39, 0.29) is 50.1 Å². The molecule has 0 aromatic carbocycles. The fourth-order valence-electron chi connectivity index (χ4n) is 13.5. The highest BCUT2D eigenvalue weighted by molar-refractivity contribution is 5.70. The molecule has 1 rings (SSSR count). The normalized spacial score (nSPS) is 14.0. The van der Waals surface area contributed by atoms with Crippen molar-refractivity contribution in [1.82, 2.24) is 14.7 Å². The molecule has 0 amide bonds. The van der Waals surface area contributed by atoms with Crippen LogP contribution in [0.2, 0.25) is 0 Å². The van der Waals surface area contributed by atoms with Gasteiger partial charge in [0.15, 0.2) is 26.1 Å². The van der Waals surface area contributed by atoms with E-state index in [1.165, 1.54) is 19.3 Å². The molecular formula is C96H167N3O15. The lowest BCUT2D eigenvalue weighted by Gasteiger charge is -2.26. The SMILES string of the molecule is CCCCCC#CCOC(=O)OC(C/C=C\CCCCCCCCOC(=O)CCN1CCN(CCC(=O)OCCCCCCCC/C=C\CC(CCCCCC)OC(=O)OCC#CCCCCC)CCN(CCC(O)OCCCCCCCC/C=C\CC(CCCCCC)OC(=O)OCC#CCCCCC)CC1)CCCCCC. The van der Waals surface area contributed by atoms with Crippen LogP contribution in [0.5, 0.6) is 0 Å². The minimum absolute atomic E-state index is 0.0702.